The molecule has 70 valence electrons. The summed E-state index contributed by atoms with van der Waals surface area (Å²) in [6.07, 6.45) is 6.28. The summed E-state index contributed by atoms with van der Waals surface area (Å²) in [6, 6.07) is 1.01. The van der Waals surface area contributed by atoms with E-state index in [9.17, 15) is 0 Å². The molecule has 0 radical (unpaired) electrons. The predicted molar refractivity (Wildman–Crippen MR) is 47.1 cm³/mol. The molecule has 1 saturated carbocycles. The van der Waals surface area contributed by atoms with E-state index in [0.29, 0.717) is 18.0 Å². The Labute approximate surface area is 73.5 Å². The van der Waals surface area contributed by atoms with Crippen molar-refractivity contribution in [3.05, 3.63) is 0 Å². The lowest BCUT2D eigenvalue weighted by atomic mass is 9.94. The molecule has 3 nitrogen and oxygen atoms in total. The van der Waals surface area contributed by atoms with Crippen molar-refractivity contribution < 1.29 is 5.21 Å². The van der Waals surface area contributed by atoms with Crippen molar-refractivity contribution in [1.29, 1.82) is 0 Å². The van der Waals surface area contributed by atoms with E-state index in [4.69, 9.17) is 5.21 Å². The third-order valence-corrected chi connectivity index (χ3v) is 3.35. The second-order valence-electron chi connectivity index (χ2n) is 4.03. The molecule has 3 atom stereocenters. The van der Waals surface area contributed by atoms with Gasteiger partial charge in [-0.25, -0.2) is 5.48 Å². The largest absolute Gasteiger partial charge is 0.317 e. The number of hydrogen-bond acceptors (Lipinski definition) is 3. The molecular weight excluding hydrogens is 152 g/mol. The maximum Gasteiger partial charge on any atom is 0.0362 e. The van der Waals surface area contributed by atoms with Gasteiger partial charge in [-0.15, -0.1) is 0 Å². The minimum atomic E-state index is 0.348. The van der Waals surface area contributed by atoms with Gasteiger partial charge in [-0.1, -0.05) is 6.42 Å². The van der Waals surface area contributed by atoms with Crippen LogP contribution >= 0.6 is 0 Å². The Kier molecular flexibility index (Phi) is 2.63. The molecule has 3 N–H and O–H groups in total. The van der Waals surface area contributed by atoms with Crippen LogP contribution in [0.1, 0.15) is 32.1 Å². The topological polar surface area (TPSA) is 44.3 Å². The smallest absolute Gasteiger partial charge is 0.0362 e. The van der Waals surface area contributed by atoms with Crippen LogP contribution in [0.15, 0.2) is 0 Å². The van der Waals surface area contributed by atoms with Crippen LogP contribution in [0, 0.1) is 5.92 Å². The van der Waals surface area contributed by atoms with Crippen LogP contribution in [-0.4, -0.2) is 23.8 Å². The van der Waals surface area contributed by atoms with Gasteiger partial charge < -0.3 is 10.5 Å². The number of rotatable bonds is 2. The van der Waals surface area contributed by atoms with Gasteiger partial charge in [-0.3, -0.25) is 0 Å². The maximum absolute atomic E-state index is 8.92. The predicted octanol–water partition coefficient (Wildman–Crippen LogP) is 0.886. The van der Waals surface area contributed by atoms with Crippen molar-refractivity contribution in [2.45, 2.75) is 44.2 Å². The van der Waals surface area contributed by atoms with E-state index in [0.717, 1.165) is 6.42 Å². The fourth-order valence-electron chi connectivity index (χ4n) is 2.71. The quantitative estimate of drug-likeness (QED) is 0.539. The van der Waals surface area contributed by atoms with Gasteiger partial charge in [0.05, 0.1) is 0 Å². The molecule has 2 aliphatic rings. The van der Waals surface area contributed by atoms with Crippen molar-refractivity contribution in [2.24, 2.45) is 5.92 Å². The first kappa shape index (κ1) is 8.48. The van der Waals surface area contributed by atoms with E-state index in [1.807, 2.05) is 0 Å². The van der Waals surface area contributed by atoms with Gasteiger partial charge in [-0.2, -0.15) is 0 Å². The van der Waals surface area contributed by atoms with Crippen molar-refractivity contribution in [3.63, 3.8) is 0 Å². The molecule has 2 rings (SSSR count). The van der Waals surface area contributed by atoms with Gasteiger partial charge in [0.1, 0.15) is 0 Å². The van der Waals surface area contributed by atoms with Gasteiger partial charge >= 0.3 is 0 Å². The van der Waals surface area contributed by atoms with Gasteiger partial charge in [0.15, 0.2) is 0 Å². The fourth-order valence-corrected chi connectivity index (χ4v) is 2.71. The first-order valence-corrected chi connectivity index (χ1v) is 5.05. The summed E-state index contributed by atoms with van der Waals surface area (Å²) in [6.45, 7) is 1.17. The highest BCUT2D eigenvalue weighted by atomic mass is 16.5. The minimum absolute atomic E-state index is 0.348. The summed E-state index contributed by atoms with van der Waals surface area (Å²) in [5.41, 5.74) is 2.45. The molecule has 0 amide bonds. The van der Waals surface area contributed by atoms with Crippen LogP contribution in [0.4, 0.5) is 0 Å². The lowest BCUT2D eigenvalue weighted by Gasteiger charge is -2.24. The summed E-state index contributed by atoms with van der Waals surface area (Å²) in [7, 11) is 0. The first-order valence-electron chi connectivity index (χ1n) is 5.05. The normalized spacial score (nSPS) is 42.2. The Balaban J connectivity index is 1.92. The maximum atomic E-state index is 8.92. The van der Waals surface area contributed by atoms with Crippen LogP contribution in [0.25, 0.3) is 0 Å². The molecule has 1 aliphatic carbocycles. The molecule has 1 aliphatic heterocycles. The van der Waals surface area contributed by atoms with Gasteiger partial charge in [0.25, 0.3) is 0 Å². The number of nitrogens with one attached hydrogen (secondary N) is 2. The minimum Gasteiger partial charge on any atom is -0.317 e. The van der Waals surface area contributed by atoms with Crippen LogP contribution in [0.5, 0.6) is 0 Å². The van der Waals surface area contributed by atoms with Crippen molar-refractivity contribution in [3.8, 4) is 0 Å². The Hall–Kier alpha value is -0.120. The summed E-state index contributed by atoms with van der Waals surface area (Å²) >= 11 is 0. The highest BCUT2D eigenvalue weighted by molar-refractivity contribution is 4.91. The Morgan fingerprint density at radius 3 is 2.75 bits per heavy atom. The average molecular weight is 170 g/mol. The lowest BCUT2D eigenvalue weighted by molar-refractivity contribution is 0.0992. The molecule has 12 heavy (non-hydrogen) atoms. The van der Waals surface area contributed by atoms with Crippen molar-refractivity contribution in [2.75, 3.05) is 6.54 Å². The van der Waals surface area contributed by atoms with E-state index in [-0.39, 0.29) is 0 Å². The molecule has 0 bridgehead atoms. The first-order chi connectivity index (χ1) is 5.92. The molecular formula is C9H18N2O. The van der Waals surface area contributed by atoms with E-state index >= 15 is 0 Å². The third kappa shape index (κ3) is 1.49. The zero-order valence-electron chi connectivity index (χ0n) is 7.42. The zero-order valence-corrected chi connectivity index (χ0v) is 7.42. The second kappa shape index (κ2) is 3.73. The Morgan fingerprint density at radius 1 is 1.17 bits per heavy atom. The molecule has 3 heteroatoms. The molecule has 0 spiro atoms. The fraction of sp³-hybridized carbons (Fsp3) is 1.00. The molecule has 0 aromatic carbocycles. The monoisotopic (exact) mass is 170 g/mol. The van der Waals surface area contributed by atoms with E-state index in [1.54, 1.807) is 0 Å². The molecule has 0 aromatic heterocycles. The molecule has 0 aromatic rings. The second-order valence-corrected chi connectivity index (χ2v) is 4.03. The molecule has 2 fully saturated rings. The summed E-state index contributed by atoms with van der Waals surface area (Å²) < 4.78 is 0. The number of hydroxylamine groups is 1. The summed E-state index contributed by atoms with van der Waals surface area (Å²) in [5, 5.41) is 12.4. The highest BCUT2D eigenvalue weighted by Gasteiger charge is 2.34. The van der Waals surface area contributed by atoms with E-state index < -0.39 is 0 Å². The van der Waals surface area contributed by atoms with Gasteiger partial charge in [0.2, 0.25) is 0 Å². The standard InChI is InChI=1S/C9H18N2O/c12-11-9-4-1-3-7(9)8-5-2-6-10-8/h7-12H,1-6H2. The van der Waals surface area contributed by atoms with Gasteiger partial charge in [-0.05, 0) is 38.1 Å². The average Bonchev–Trinajstić information content (AvgIpc) is 2.74. The third-order valence-electron chi connectivity index (χ3n) is 3.35. The van der Waals surface area contributed by atoms with Crippen molar-refractivity contribution >= 4 is 0 Å². The summed E-state index contributed by atoms with van der Waals surface area (Å²) in [5.74, 6) is 0.664. The van der Waals surface area contributed by atoms with Gasteiger partial charge in [0, 0.05) is 12.1 Å². The Bertz CT molecular complexity index is 145. The SMILES string of the molecule is ONC1CCCC1C1CCCN1. The van der Waals surface area contributed by atoms with E-state index in [1.165, 1.54) is 32.2 Å². The highest BCUT2D eigenvalue weighted by Crippen LogP contribution is 2.31. The van der Waals surface area contributed by atoms with Crippen molar-refractivity contribution in [1.82, 2.24) is 10.8 Å². The Morgan fingerprint density at radius 2 is 2.08 bits per heavy atom. The van der Waals surface area contributed by atoms with Crippen LogP contribution in [-0.2, 0) is 0 Å². The molecule has 3 unspecified atom stereocenters. The zero-order chi connectivity index (χ0) is 8.39. The van der Waals surface area contributed by atoms with Crippen LogP contribution < -0.4 is 10.8 Å². The molecule has 1 saturated heterocycles. The lowest BCUT2D eigenvalue weighted by Crippen LogP contribution is -2.40. The van der Waals surface area contributed by atoms with Crippen LogP contribution in [0.2, 0.25) is 0 Å². The molecule has 1 heterocycles. The number of hydrogen-bond donors (Lipinski definition) is 3. The summed E-state index contributed by atoms with van der Waals surface area (Å²) in [4.78, 5) is 0. The van der Waals surface area contributed by atoms with E-state index in [2.05, 4.69) is 10.8 Å². The van der Waals surface area contributed by atoms with Crippen LogP contribution in [0.3, 0.4) is 0 Å².